The maximum Gasteiger partial charge on any atom is 0.262 e. The molecule has 0 saturated carbocycles. The number of rotatable bonds is 3. The Hall–Kier alpha value is -2.50. The number of amides is 2. The highest BCUT2D eigenvalue weighted by molar-refractivity contribution is 6.21. The number of H-pyrrole nitrogens is 1. The summed E-state index contributed by atoms with van der Waals surface area (Å²) in [6.45, 7) is 5.74. The Kier molecular flexibility index (Phi) is 3.08. The van der Waals surface area contributed by atoms with Crippen LogP contribution < -0.4 is 0 Å². The highest BCUT2D eigenvalue weighted by atomic mass is 16.2. The Labute approximate surface area is 122 Å². The number of nitrogens with one attached hydrogen (secondary N) is 1. The lowest BCUT2D eigenvalue weighted by atomic mass is 10.1. The fourth-order valence-electron chi connectivity index (χ4n) is 2.41. The average Bonchev–Trinajstić information content (AvgIpc) is 3.05. The van der Waals surface area contributed by atoms with Crippen LogP contribution in [-0.4, -0.2) is 31.9 Å². The molecule has 0 spiro atoms. The minimum absolute atomic E-state index is 0.185. The first-order chi connectivity index (χ1) is 10.0. The van der Waals surface area contributed by atoms with Gasteiger partial charge in [-0.3, -0.25) is 19.6 Å². The molecule has 3 rings (SSSR count). The summed E-state index contributed by atoms with van der Waals surface area (Å²) in [6.07, 6.45) is 0. The van der Waals surface area contributed by atoms with Crippen molar-refractivity contribution in [2.24, 2.45) is 0 Å². The molecule has 2 amide bonds. The van der Waals surface area contributed by atoms with Gasteiger partial charge in [-0.2, -0.15) is 5.10 Å². The summed E-state index contributed by atoms with van der Waals surface area (Å²) in [5.41, 5.74) is 0.885. The van der Waals surface area contributed by atoms with Gasteiger partial charge < -0.3 is 0 Å². The van der Waals surface area contributed by atoms with Crippen LogP contribution in [0.15, 0.2) is 24.3 Å². The molecule has 1 aliphatic heterocycles. The van der Waals surface area contributed by atoms with Gasteiger partial charge in [-0.1, -0.05) is 26.0 Å². The zero-order chi connectivity index (χ0) is 15.1. The molecular weight excluding hydrogens is 268 g/mol. The van der Waals surface area contributed by atoms with E-state index in [9.17, 15) is 9.59 Å². The summed E-state index contributed by atoms with van der Waals surface area (Å²) in [5, 5.41) is 6.95. The van der Waals surface area contributed by atoms with E-state index in [1.807, 2.05) is 13.8 Å². The van der Waals surface area contributed by atoms with E-state index >= 15 is 0 Å². The van der Waals surface area contributed by atoms with Crippen LogP contribution in [0.4, 0.5) is 0 Å². The first-order valence-electron chi connectivity index (χ1n) is 6.89. The van der Waals surface area contributed by atoms with Crippen LogP contribution in [0.3, 0.4) is 0 Å². The highest BCUT2D eigenvalue weighted by Crippen LogP contribution is 2.29. The summed E-state index contributed by atoms with van der Waals surface area (Å²) in [5.74, 6) is 0.808. The Balaban J connectivity index is 1.94. The number of aromatic nitrogens is 3. The van der Waals surface area contributed by atoms with Crippen molar-refractivity contribution in [3.05, 3.63) is 47.0 Å². The third-order valence-electron chi connectivity index (χ3n) is 3.64. The monoisotopic (exact) mass is 284 g/mol. The molecule has 2 heterocycles. The predicted molar refractivity (Wildman–Crippen MR) is 75.8 cm³/mol. The predicted octanol–water partition coefficient (Wildman–Crippen LogP) is 2.29. The lowest BCUT2D eigenvalue weighted by Crippen LogP contribution is -2.33. The Morgan fingerprint density at radius 3 is 2.10 bits per heavy atom. The molecule has 6 heteroatoms. The van der Waals surface area contributed by atoms with Gasteiger partial charge in [-0.15, -0.1) is 0 Å². The summed E-state index contributed by atoms with van der Waals surface area (Å²) in [4.78, 5) is 30.4. The number of nitrogens with zero attached hydrogens (tertiary/aromatic N) is 3. The average molecular weight is 284 g/mol. The smallest absolute Gasteiger partial charge is 0.262 e. The zero-order valence-corrected chi connectivity index (χ0v) is 12.1. The molecule has 2 aromatic rings. The summed E-state index contributed by atoms with van der Waals surface area (Å²) < 4.78 is 0. The van der Waals surface area contributed by atoms with E-state index in [2.05, 4.69) is 15.2 Å². The number of hydrogen-bond donors (Lipinski definition) is 1. The Bertz CT molecular complexity index is 685. The zero-order valence-electron chi connectivity index (χ0n) is 12.1. The molecule has 0 saturated heterocycles. The van der Waals surface area contributed by atoms with E-state index in [-0.39, 0.29) is 17.7 Å². The molecule has 6 nitrogen and oxygen atoms in total. The maximum atomic E-state index is 12.4. The quantitative estimate of drug-likeness (QED) is 0.877. The molecule has 1 atom stereocenters. The summed E-state index contributed by atoms with van der Waals surface area (Å²) in [7, 11) is 0. The van der Waals surface area contributed by atoms with Crippen LogP contribution in [0, 0.1) is 0 Å². The fraction of sp³-hybridized carbons (Fsp3) is 0.333. The first-order valence-corrected chi connectivity index (χ1v) is 6.89. The van der Waals surface area contributed by atoms with Crippen molar-refractivity contribution < 1.29 is 9.59 Å². The second kappa shape index (κ2) is 4.80. The van der Waals surface area contributed by atoms with Crippen molar-refractivity contribution in [1.29, 1.82) is 0 Å². The molecule has 1 aromatic carbocycles. The van der Waals surface area contributed by atoms with Gasteiger partial charge in [0.05, 0.1) is 17.2 Å². The number of carbonyl (C=O) groups is 2. The molecular formula is C15H16N4O2. The molecule has 1 aliphatic rings. The normalized spacial score (nSPS) is 15.7. The lowest BCUT2D eigenvalue weighted by molar-refractivity contribution is 0.0589. The van der Waals surface area contributed by atoms with Crippen molar-refractivity contribution in [1.82, 2.24) is 20.1 Å². The van der Waals surface area contributed by atoms with Crippen LogP contribution in [0.25, 0.3) is 0 Å². The number of hydrogen-bond acceptors (Lipinski definition) is 4. The molecule has 108 valence electrons. The molecule has 21 heavy (non-hydrogen) atoms. The van der Waals surface area contributed by atoms with E-state index in [0.29, 0.717) is 22.8 Å². The SMILES string of the molecule is CC(C)c1n[nH]c(C(C)N2C(=O)c3ccccc3C2=O)n1. The van der Waals surface area contributed by atoms with Crippen LogP contribution >= 0.6 is 0 Å². The van der Waals surface area contributed by atoms with Gasteiger partial charge in [0.1, 0.15) is 5.82 Å². The number of fused-ring (bicyclic) bond motifs is 1. The minimum Gasteiger partial charge on any atom is -0.269 e. The van der Waals surface area contributed by atoms with Crippen molar-refractivity contribution in [3.63, 3.8) is 0 Å². The van der Waals surface area contributed by atoms with Crippen molar-refractivity contribution >= 4 is 11.8 Å². The summed E-state index contributed by atoms with van der Waals surface area (Å²) >= 11 is 0. The van der Waals surface area contributed by atoms with E-state index in [1.54, 1.807) is 31.2 Å². The third kappa shape index (κ3) is 2.03. The highest BCUT2D eigenvalue weighted by Gasteiger charge is 2.39. The molecule has 0 aliphatic carbocycles. The number of carbonyl (C=O) groups excluding carboxylic acids is 2. The number of imide groups is 1. The minimum atomic E-state index is -0.475. The van der Waals surface area contributed by atoms with Crippen molar-refractivity contribution in [2.75, 3.05) is 0 Å². The van der Waals surface area contributed by atoms with E-state index in [4.69, 9.17) is 0 Å². The van der Waals surface area contributed by atoms with E-state index in [0.717, 1.165) is 0 Å². The molecule has 0 bridgehead atoms. The molecule has 1 aromatic heterocycles. The van der Waals surface area contributed by atoms with Crippen LogP contribution in [-0.2, 0) is 0 Å². The number of benzene rings is 1. The molecule has 1 unspecified atom stereocenters. The topological polar surface area (TPSA) is 79.0 Å². The van der Waals surface area contributed by atoms with Gasteiger partial charge in [0.15, 0.2) is 5.82 Å². The van der Waals surface area contributed by atoms with Crippen LogP contribution in [0.5, 0.6) is 0 Å². The summed E-state index contributed by atoms with van der Waals surface area (Å²) in [6, 6.07) is 6.37. The second-order valence-corrected chi connectivity index (χ2v) is 5.44. The Morgan fingerprint density at radius 1 is 1.05 bits per heavy atom. The molecule has 0 radical (unpaired) electrons. The van der Waals surface area contributed by atoms with Gasteiger partial charge in [0.2, 0.25) is 0 Å². The lowest BCUT2D eigenvalue weighted by Gasteiger charge is -2.20. The first kappa shape index (κ1) is 13.5. The van der Waals surface area contributed by atoms with E-state index in [1.165, 1.54) is 4.90 Å². The van der Waals surface area contributed by atoms with Gasteiger partial charge in [-0.25, -0.2) is 4.98 Å². The maximum absolute atomic E-state index is 12.4. The van der Waals surface area contributed by atoms with Crippen LogP contribution in [0.2, 0.25) is 0 Å². The standard InChI is InChI=1S/C15H16N4O2/c1-8(2)12-16-13(18-17-12)9(3)19-14(20)10-6-4-5-7-11(10)15(19)21/h4-9H,1-3H3,(H,16,17,18). The van der Waals surface area contributed by atoms with Gasteiger partial charge in [0.25, 0.3) is 11.8 Å². The molecule has 0 fully saturated rings. The second-order valence-electron chi connectivity index (χ2n) is 5.44. The fourth-order valence-corrected chi connectivity index (χ4v) is 2.41. The van der Waals surface area contributed by atoms with Gasteiger partial charge in [0, 0.05) is 5.92 Å². The van der Waals surface area contributed by atoms with Crippen molar-refractivity contribution in [3.8, 4) is 0 Å². The number of aromatic amines is 1. The van der Waals surface area contributed by atoms with Crippen molar-refractivity contribution in [2.45, 2.75) is 32.7 Å². The van der Waals surface area contributed by atoms with Gasteiger partial charge >= 0.3 is 0 Å². The van der Waals surface area contributed by atoms with Gasteiger partial charge in [-0.05, 0) is 19.1 Å². The van der Waals surface area contributed by atoms with E-state index < -0.39 is 6.04 Å². The van der Waals surface area contributed by atoms with Crippen LogP contribution in [0.1, 0.15) is 65.1 Å². The molecule has 1 N–H and O–H groups in total. The Morgan fingerprint density at radius 2 is 1.62 bits per heavy atom. The largest absolute Gasteiger partial charge is 0.269 e. The third-order valence-corrected chi connectivity index (χ3v) is 3.64.